The maximum absolute atomic E-state index is 12.3. The summed E-state index contributed by atoms with van der Waals surface area (Å²) in [7, 11) is 2.06. The second-order valence-corrected chi connectivity index (χ2v) is 6.98. The number of allylic oxidation sites excluding steroid dienone is 2. The Balaban J connectivity index is 1.55. The minimum Gasteiger partial charge on any atom is -0.475 e. The van der Waals surface area contributed by atoms with Crippen molar-refractivity contribution in [2.45, 2.75) is 12.8 Å². The van der Waals surface area contributed by atoms with E-state index in [9.17, 15) is 13.2 Å². The van der Waals surface area contributed by atoms with E-state index in [2.05, 4.69) is 21.8 Å². The molecule has 1 fully saturated rings. The lowest BCUT2D eigenvalue weighted by molar-refractivity contribution is -0.274. The molecule has 0 unspecified atom stereocenters. The highest BCUT2D eigenvalue weighted by atomic mass is 19.4. The lowest BCUT2D eigenvalue weighted by atomic mass is 10.0. The van der Waals surface area contributed by atoms with Gasteiger partial charge in [-0.1, -0.05) is 18.2 Å². The Morgan fingerprint density at radius 1 is 1.18 bits per heavy atom. The third-order valence-electron chi connectivity index (χ3n) is 4.68. The van der Waals surface area contributed by atoms with Gasteiger partial charge in [-0.25, -0.2) is 0 Å². The number of rotatable bonds is 5. The van der Waals surface area contributed by atoms with Crippen LogP contribution in [0.4, 0.5) is 13.2 Å². The highest BCUT2D eigenvalue weighted by Crippen LogP contribution is 2.26. The number of likely N-dealkylation sites (tertiary alicyclic amines) is 1. The average Bonchev–Trinajstić information content (AvgIpc) is 2.85. The Morgan fingerprint density at radius 3 is 2.61 bits per heavy atom. The number of hydrogen-bond acceptors (Lipinski definition) is 5. The van der Waals surface area contributed by atoms with Crippen LogP contribution in [0.2, 0.25) is 0 Å². The smallest absolute Gasteiger partial charge is 0.475 e. The van der Waals surface area contributed by atoms with Crippen LogP contribution < -0.4 is 20.1 Å². The molecule has 1 aliphatic carbocycles. The first-order chi connectivity index (χ1) is 13.4. The number of hydrogen-bond donors (Lipinski definition) is 0. The zero-order chi connectivity index (χ0) is 19.7. The lowest BCUT2D eigenvalue weighted by Crippen LogP contribution is -2.46. The van der Waals surface area contributed by atoms with Gasteiger partial charge in [0.2, 0.25) is 0 Å². The number of nitrogens with zero attached hydrogens (tertiary/aromatic N) is 2. The average molecular weight is 392 g/mol. The molecule has 2 heterocycles. The van der Waals surface area contributed by atoms with Crippen molar-refractivity contribution in [3.05, 3.63) is 46.5 Å². The molecular weight excluding hydrogens is 373 g/mol. The minimum atomic E-state index is -4.71. The molecule has 0 atom stereocenters. The van der Waals surface area contributed by atoms with Crippen LogP contribution in [0.5, 0.6) is 11.6 Å². The molecule has 5 nitrogen and oxygen atoms in total. The molecule has 0 amide bonds. The largest absolute Gasteiger partial charge is 0.573 e. The number of ether oxygens (including phenoxy) is 2. The topological polar surface area (TPSA) is 47.7 Å². The van der Waals surface area contributed by atoms with Crippen molar-refractivity contribution >= 4 is 17.7 Å². The Kier molecular flexibility index (Phi) is 4.89. The van der Waals surface area contributed by atoms with Gasteiger partial charge in [0, 0.05) is 19.0 Å². The first-order valence-electron chi connectivity index (χ1n) is 8.93. The maximum atomic E-state index is 12.3. The van der Waals surface area contributed by atoms with E-state index in [1.165, 1.54) is 12.1 Å². The third-order valence-corrected chi connectivity index (χ3v) is 4.68. The molecule has 0 spiro atoms. The summed E-state index contributed by atoms with van der Waals surface area (Å²) < 4.78 is 52.1. The quantitative estimate of drug-likeness (QED) is 0.783. The van der Waals surface area contributed by atoms with E-state index in [0.717, 1.165) is 29.4 Å². The minimum absolute atomic E-state index is 0.253. The molecule has 0 saturated carbocycles. The van der Waals surface area contributed by atoms with Gasteiger partial charge in [-0.05, 0) is 54.0 Å². The lowest BCUT2D eigenvalue weighted by Gasteiger charge is -2.35. The van der Waals surface area contributed by atoms with Crippen LogP contribution in [0.3, 0.4) is 0 Å². The van der Waals surface area contributed by atoms with Crippen LogP contribution in [0.15, 0.2) is 34.9 Å². The van der Waals surface area contributed by atoms with E-state index in [1.807, 2.05) is 18.2 Å². The first-order valence-corrected chi connectivity index (χ1v) is 8.93. The van der Waals surface area contributed by atoms with Crippen LogP contribution in [0.1, 0.15) is 12.0 Å². The van der Waals surface area contributed by atoms with Gasteiger partial charge in [0.05, 0.1) is 11.8 Å². The van der Waals surface area contributed by atoms with Gasteiger partial charge < -0.3 is 18.9 Å². The molecule has 0 radical (unpaired) electrons. The molecule has 2 aliphatic rings. The second-order valence-electron chi connectivity index (χ2n) is 6.98. The van der Waals surface area contributed by atoms with Crippen molar-refractivity contribution in [2.24, 2.45) is 5.92 Å². The molecule has 4 rings (SSSR count). The summed E-state index contributed by atoms with van der Waals surface area (Å²) in [6.07, 6.45) is 1.67. The highest BCUT2D eigenvalue weighted by molar-refractivity contribution is 5.89. The monoisotopic (exact) mass is 392 g/mol. The molecule has 1 aromatic heterocycles. The van der Waals surface area contributed by atoms with E-state index in [1.54, 1.807) is 12.1 Å². The molecular formula is C20H19F3N2O3. The molecule has 0 bridgehead atoms. The second kappa shape index (κ2) is 7.35. The molecule has 1 aromatic carbocycles. The maximum Gasteiger partial charge on any atom is 0.573 e. The molecule has 1 aliphatic heterocycles. The van der Waals surface area contributed by atoms with Crippen molar-refractivity contribution in [2.75, 3.05) is 26.7 Å². The molecule has 8 heteroatoms. The Morgan fingerprint density at radius 2 is 1.93 bits per heavy atom. The summed E-state index contributed by atoms with van der Waals surface area (Å²) in [5, 5.41) is 4.77. The summed E-state index contributed by atoms with van der Waals surface area (Å²) in [6.45, 7) is 2.56. The van der Waals surface area contributed by atoms with Gasteiger partial charge in [0.1, 0.15) is 5.75 Å². The van der Waals surface area contributed by atoms with Gasteiger partial charge in [-0.2, -0.15) is 0 Å². The van der Waals surface area contributed by atoms with Gasteiger partial charge in [-0.15, -0.1) is 13.2 Å². The van der Waals surface area contributed by atoms with Gasteiger partial charge in [-0.3, -0.25) is 0 Å². The number of halogens is 3. The Hall–Kier alpha value is -2.74. The van der Waals surface area contributed by atoms with E-state index >= 15 is 0 Å². The number of fused-ring (bicyclic) bond motifs is 1. The van der Waals surface area contributed by atoms with Crippen molar-refractivity contribution in [3.63, 3.8) is 0 Å². The molecule has 0 N–H and O–H groups in total. The summed E-state index contributed by atoms with van der Waals surface area (Å²) in [5.41, 5.74) is 2.25. The third kappa shape index (κ3) is 4.22. The fourth-order valence-corrected chi connectivity index (χ4v) is 3.37. The fraction of sp³-hybridized carbons (Fsp3) is 0.350. The van der Waals surface area contributed by atoms with Crippen LogP contribution in [-0.2, 0) is 0 Å². The Labute approximate surface area is 159 Å². The van der Waals surface area contributed by atoms with Gasteiger partial charge in [0.15, 0.2) is 5.42 Å². The molecule has 2 aromatic rings. The van der Waals surface area contributed by atoms with E-state index < -0.39 is 6.36 Å². The summed E-state index contributed by atoms with van der Waals surface area (Å²) in [4.78, 5) is 2.21. The molecule has 148 valence electrons. The summed E-state index contributed by atoms with van der Waals surface area (Å²) >= 11 is 0. The van der Waals surface area contributed by atoms with Crippen molar-refractivity contribution in [1.82, 2.24) is 10.1 Å². The predicted molar refractivity (Wildman–Crippen MR) is 96.9 cm³/mol. The normalized spacial score (nSPS) is 17.5. The van der Waals surface area contributed by atoms with Crippen LogP contribution >= 0.6 is 0 Å². The molecule has 1 saturated heterocycles. The number of aromatic nitrogens is 1. The predicted octanol–water partition coefficient (Wildman–Crippen LogP) is 2.56. The SMILES string of the molecule is CN1CC(COc2noc3c2=CC(c2ccc(OC(F)(F)F)cc2)=CCC=3)C1. The zero-order valence-corrected chi connectivity index (χ0v) is 15.2. The van der Waals surface area contributed by atoms with Gasteiger partial charge in [0.25, 0.3) is 5.88 Å². The van der Waals surface area contributed by atoms with Crippen molar-refractivity contribution in [1.29, 1.82) is 0 Å². The number of benzene rings is 1. The van der Waals surface area contributed by atoms with E-state index in [4.69, 9.17) is 9.26 Å². The van der Waals surface area contributed by atoms with Crippen LogP contribution in [-0.4, -0.2) is 43.2 Å². The van der Waals surface area contributed by atoms with E-state index in [-0.39, 0.29) is 5.75 Å². The standard InChI is InChI=1S/C20H19F3N2O3/c1-25-10-13(11-25)12-26-19-17-9-15(3-2-4-18(17)28-24-19)14-5-7-16(8-6-14)27-20(21,22)23/h3-9,13H,2,10-12H2,1H3. The summed E-state index contributed by atoms with van der Waals surface area (Å²) in [5.74, 6) is 0.658. The molecule has 28 heavy (non-hydrogen) atoms. The van der Waals surface area contributed by atoms with E-state index in [0.29, 0.717) is 30.2 Å². The zero-order valence-electron chi connectivity index (χ0n) is 15.2. The Bertz CT molecular complexity index is 987. The van der Waals surface area contributed by atoms with Gasteiger partial charge >= 0.3 is 6.36 Å². The fourth-order valence-electron chi connectivity index (χ4n) is 3.37. The van der Waals surface area contributed by atoms with Crippen molar-refractivity contribution < 1.29 is 27.2 Å². The van der Waals surface area contributed by atoms with Crippen molar-refractivity contribution in [3.8, 4) is 11.6 Å². The van der Waals surface area contributed by atoms with Crippen LogP contribution in [0.25, 0.3) is 17.7 Å². The summed E-state index contributed by atoms with van der Waals surface area (Å²) in [6, 6.07) is 5.77. The van der Waals surface area contributed by atoms with Crippen LogP contribution in [0, 0.1) is 5.92 Å². The first kappa shape index (κ1) is 18.6. The highest BCUT2D eigenvalue weighted by Gasteiger charge is 2.31. The number of alkyl halides is 3.